The number of nitro groups is 1. The van der Waals surface area contributed by atoms with Crippen molar-refractivity contribution in [2.45, 2.75) is 12.6 Å². The number of aromatic amines is 1. The normalized spacial score (nSPS) is 12.3. The van der Waals surface area contributed by atoms with Crippen LogP contribution in [-0.4, -0.2) is 14.9 Å². The van der Waals surface area contributed by atoms with Crippen LogP contribution >= 0.6 is 11.6 Å². The molecule has 0 saturated heterocycles. The van der Waals surface area contributed by atoms with E-state index >= 15 is 0 Å². The molecule has 108 valence electrons. The van der Waals surface area contributed by atoms with Crippen LogP contribution < -0.4 is 0 Å². The molecule has 0 aliphatic carbocycles. The molecule has 11 heteroatoms. The summed E-state index contributed by atoms with van der Waals surface area (Å²) in [6.45, 7) is 0. The number of fused-ring (bicyclic) bond motifs is 1. The van der Waals surface area contributed by atoms with E-state index in [4.69, 9.17) is 11.6 Å². The largest absolute Gasteiger partial charge is 0.449 e. The van der Waals surface area contributed by atoms with Crippen LogP contribution in [0.3, 0.4) is 0 Å². The number of alkyl halides is 5. The fraction of sp³-hybridized carbons (Fsp3) is 0.222. The van der Waals surface area contributed by atoms with Crippen LogP contribution in [-0.2, 0) is 6.18 Å². The number of H-pyrrole nitrogens is 1. The molecule has 20 heavy (non-hydrogen) atoms. The second kappa shape index (κ2) is 4.54. The van der Waals surface area contributed by atoms with Gasteiger partial charge in [0, 0.05) is 6.07 Å². The van der Waals surface area contributed by atoms with Gasteiger partial charge in [0.2, 0.25) is 5.82 Å². The first-order valence-electron chi connectivity index (χ1n) is 4.84. The molecule has 0 spiro atoms. The minimum absolute atomic E-state index is 0.515. The van der Waals surface area contributed by atoms with Crippen LogP contribution in [0, 0.1) is 10.1 Å². The van der Waals surface area contributed by atoms with E-state index in [1.165, 1.54) is 0 Å². The van der Waals surface area contributed by atoms with Gasteiger partial charge in [0.25, 0.3) is 12.1 Å². The maximum Gasteiger partial charge on any atom is 0.449 e. The summed E-state index contributed by atoms with van der Waals surface area (Å²) < 4.78 is 62.9. The SMILES string of the molecule is O=[N+]([O-])c1cc2nc(C(F)(F)F)[nH]c2c(Cl)c1C(F)F. The first-order chi connectivity index (χ1) is 9.12. The lowest BCUT2D eigenvalue weighted by atomic mass is 10.1. The van der Waals surface area contributed by atoms with Crippen molar-refractivity contribution in [2.24, 2.45) is 0 Å². The highest BCUT2D eigenvalue weighted by molar-refractivity contribution is 6.36. The van der Waals surface area contributed by atoms with Gasteiger partial charge in [0.1, 0.15) is 5.56 Å². The van der Waals surface area contributed by atoms with Gasteiger partial charge in [-0.15, -0.1) is 0 Å². The summed E-state index contributed by atoms with van der Waals surface area (Å²) in [7, 11) is 0. The lowest BCUT2D eigenvalue weighted by Gasteiger charge is -2.04. The Kier molecular flexibility index (Phi) is 3.28. The van der Waals surface area contributed by atoms with Crippen molar-refractivity contribution in [3.63, 3.8) is 0 Å². The Morgan fingerprint density at radius 2 is 2.00 bits per heavy atom. The van der Waals surface area contributed by atoms with Crippen molar-refractivity contribution in [3.8, 4) is 0 Å². The zero-order valence-corrected chi connectivity index (χ0v) is 9.89. The Bertz CT molecular complexity index is 697. The predicted molar refractivity (Wildman–Crippen MR) is 57.7 cm³/mol. The summed E-state index contributed by atoms with van der Waals surface area (Å²) in [4.78, 5) is 14.3. The van der Waals surface area contributed by atoms with E-state index in [-0.39, 0.29) is 0 Å². The smallest absolute Gasteiger partial charge is 0.333 e. The van der Waals surface area contributed by atoms with Gasteiger partial charge in [-0.05, 0) is 0 Å². The van der Waals surface area contributed by atoms with Crippen LogP contribution in [0.1, 0.15) is 17.8 Å². The van der Waals surface area contributed by atoms with Crippen molar-refractivity contribution < 1.29 is 26.9 Å². The van der Waals surface area contributed by atoms with E-state index in [2.05, 4.69) is 4.98 Å². The number of hydrogen-bond acceptors (Lipinski definition) is 3. The molecule has 0 aliphatic rings. The summed E-state index contributed by atoms with van der Waals surface area (Å²) in [6.07, 6.45) is -8.17. The second-order valence-electron chi connectivity index (χ2n) is 3.66. The lowest BCUT2D eigenvalue weighted by molar-refractivity contribution is -0.386. The molecule has 0 atom stereocenters. The topological polar surface area (TPSA) is 71.8 Å². The summed E-state index contributed by atoms with van der Waals surface area (Å²) >= 11 is 5.53. The Morgan fingerprint density at radius 3 is 2.45 bits per heavy atom. The van der Waals surface area contributed by atoms with Crippen molar-refractivity contribution in [1.29, 1.82) is 0 Å². The summed E-state index contributed by atoms with van der Waals surface area (Å²) in [5, 5.41) is 9.82. The number of benzene rings is 1. The van der Waals surface area contributed by atoms with Crippen molar-refractivity contribution in [2.75, 3.05) is 0 Å². The zero-order chi connectivity index (χ0) is 15.2. The highest BCUT2D eigenvalue weighted by Gasteiger charge is 2.36. The number of aromatic nitrogens is 2. The van der Waals surface area contributed by atoms with E-state index in [0.29, 0.717) is 6.07 Å². The lowest BCUT2D eigenvalue weighted by Crippen LogP contribution is -2.06. The summed E-state index contributed by atoms with van der Waals surface area (Å²) in [5.41, 5.74) is -3.28. The number of nitrogens with one attached hydrogen (secondary N) is 1. The van der Waals surface area contributed by atoms with E-state index in [9.17, 15) is 32.1 Å². The third kappa shape index (κ3) is 2.26. The molecule has 0 aliphatic heterocycles. The molecule has 1 aromatic carbocycles. The predicted octanol–water partition coefficient (Wildman–Crippen LogP) is 4.08. The molecule has 0 radical (unpaired) electrons. The average molecular weight is 316 g/mol. The molecule has 0 bridgehead atoms. The van der Waals surface area contributed by atoms with Gasteiger partial charge >= 0.3 is 6.18 Å². The van der Waals surface area contributed by atoms with E-state index in [0.717, 1.165) is 0 Å². The molecule has 5 nitrogen and oxygen atoms in total. The quantitative estimate of drug-likeness (QED) is 0.515. The molecule has 1 aromatic heterocycles. The molecule has 0 amide bonds. The molecular weight excluding hydrogens is 313 g/mol. The monoisotopic (exact) mass is 315 g/mol. The van der Waals surface area contributed by atoms with Crippen LogP contribution in [0.25, 0.3) is 11.0 Å². The molecule has 0 unspecified atom stereocenters. The van der Waals surface area contributed by atoms with Crippen LogP contribution in [0.15, 0.2) is 6.07 Å². The van der Waals surface area contributed by atoms with Gasteiger partial charge in [-0.2, -0.15) is 13.2 Å². The first kappa shape index (κ1) is 14.4. The average Bonchev–Trinajstić information content (AvgIpc) is 2.71. The molecule has 2 rings (SSSR count). The van der Waals surface area contributed by atoms with Gasteiger partial charge in [0.15, 0.2) is 0 Å². The summed E-state index contributed by atoms with van der Waals surface area (Å²) in [5.74, 6) is -1.48. The number of halogens is 6. The van der Waals surface area contributed by atoms with Gasteiger partial charge in [0.05, 0.1) is 21.0 Å². The Balaban J connectivity index is 2.82. The molecule has 1 heterocycles. The minimum Gasteiger partial charge on any atom is -0.333 e. The second-order valence-corrected chi connectivity index (χ2v) is 4.04. The maximum absolute atomic E-state index is 12.8. The van der Waals surface area contributed by atoms with Crippen LogP contribution in [0.4, 0.5) is 27.6 Å². The number of imidazole rings is 1. The van der Waals surface area contributed by atoms with E-state index in [1.54, 1.807) is 4.98 Å². The van der Waals surface area contributed by atoms with Gasteiger partial charge in [-0.1, -0.05) is 11.6 Å². The van der Waals surface area contributed by atoms with Gasteiger partial charge in [-0.25, -0.2) is 13.8 Å². The van der Waals surface area contributed by atoms with E-state index in [1.807, 2.05) is 0 Å². The number of rotatable bonds is 2. The van der Waals surface area contributed by atoms with Gasteiger partial charge < -0.3 is 4.98 Å². The zero-order valence-electron chi connectivity index (χ0n) is 9.13. The van der Waals surface area contributed by atoms with Crippen molar-refractivity contribution in [1.82, 2.24) is 9.97 Å². The van der Waals surface area contributed by atoms with Crippen LogP contribution in [0.2, 0.25) is 5.02 Å². The van der Waals surface area contributed by atoms with E-state index < -0.39 is 50.7 Å². The Morgan fingerprint density at radius 1 is 1.40 bits per heavy atom. The highest BCUT2D eigenvalue weighted by Crippen LogP contribution is 2.40. The fourth-order valence-electron chi connectivity index (χ4n) is 1.61. The molecular formula is C9H3ClF5N3O2. The molecule has 0 saturated carbocycles. The first-order valence-corrected chi connectivity index (χ1v) is 5.22. The molecule has 1 N–H and O–H groups in total. The number of nitrogens with zero attached hydrogens (tertiary/aromatic N) is 2. The summed E-state index contributed by atoms with van der Waals surface area (Å²) in [6, 6.07) is 0.522. The van der Waals surface area contributed by atoms with Crippen molar-refractivity contribution in [3.05, 3.63) is 32.6 Å². The number of hydrogen-bond donors (Lipinski definition) is 1. The Hall–Kier alpha value is -1.97. The third-order valence-electron chi connectivity index (χ3n) is 2.42. The standard InChI is InChI=1S/C9H3ClF5N3O2/c10-5-4(7(11)12)3(18(19)20)1-2-6(5)17-8(16-2)9(13,14)15/h1,7H,(H,16,17). The van der Waals surface area contributed by atoms with Crippen LogP contribution in [0.5, 0.6) is 0 Å². The van der Waals surface area contributed by atoms with Crippen molar-refractivity contribution >= 4 is 28.3 Å². The fourth-order valence-corrected chi connectivity index (χ4v) is 1.93. The molecule has 0 fully saturated rings. The highest BCUT2D eigenvalue weighted by atomic mass is 35.5. The molecule has 2 aromatic rings. The number of nitro benzene ring substituents is 1. The van der Waals surface area contributed by atoms with Gasteiger partial charge in [-0.3, -0.25) is 10.1 Å². The third-order valence-corrected chi connectivity index (χ3v) is 2.81. The maximum atomic E-state index is 12.8. The minimum atomic E-state index is -4.86. The Labute approximate surface area is 111 Å².